The summed E-state index contributed by atoms with van der Waals surface area (Å²) in [5.41, 5.74) is -0.302. The molecule has 0 aromatic heterocycles. The van der Waals surface area contributed by atoms with Crippen molar-refractivity contribution in [3.05, 3.63) is 0 Å². The summed E-state index contributed by atoms with van der Waals surface area (Å²) in [5.74, 6) is -0.233. The zero-order valence-corrected chi connectivity index (χ0v) is 9.30. The number of carbonyl (C=O) groups is 2. The average Bonchev–Trinajstić information content (AvgIpc) is 2.00. The SMILES string of the molecule is COC(=O)NC(C)C(=O)NC(C)(C)C. The summed E-state index contributed by atoms with van der Waals surface area (Å²) in [6.45, 7) is 7.21. The van der Waals surface area contributed by atoms with E-state index in [1.54, 1.807) is 6.92 Å². The van der Waals surface area contributed by atoms with Gasteiger partial charge >= 0.3 is 6.09 Å². The Morgan fingerprint density at radius 3 is 2.14 bits per heavy atom. The highest BCUT2D eigenvalue weighted by atomic mass is 16.5. The Hall–Kier alpha value is -1.26. The summed E-state index contributed by atoms with van der Waals surface area (Å²) < 4.78 is 4.37. The van der Waals surface area contributed by atoms with Gasteiger partial charge in [0.25, 0.3) is 0 Å². The van der Waals surface area contributed by atoms with Gasteiger partial charge in [0.15, 0.2) is 0 Å². The Labute approximate surface area is 84.2 Å². The normalized spacial score (nSPS) is 12.9. The second-order valence-corrected chi connectivity index (χ2v) is 4.10. The number of nitrogens with one attached hydrogen (secondary N) is 2. The molecule has 0 aliphatic carbocycles. The molecule has 0 rings (SSSR count). The quantitative estimate of drug-likeness (QED) is 0.690. The Balaban J connectivity index is 4.07. The zero-order valence-electron chi connectivity index (χ0n) is 9.30. The molecule has 0 spiro atoms. The van der Waals surface area contributed by atoms with Gasteiger partial charge in [0.1, 0.15) is 6.04 Å². The summed E-state index contributed by atoms with van der Waals surface area (Å²) in [6, 6.07) is -0.596. The Morgan fingerprint density at radius 2 is 1.79 bits per heavy atom. The van der Waals surface area contributed by atoms with Crippen LogP contribution in [0.5, 0.6) is 0 Å². The predicted molar refractivity (Wildman–Crippen MR) is 52.9 cm³/mol. The molecule has 14 heavy (non-hydrogen) atoms. The van der Waals surface area contributed by atoms with Crippen molar-refractivity contribution < 1.29 is 14.3 Å². The van der Waals surface area contributed by atoms with E-state index in [1.165, 1.54) is 7.11 Å². The van der Waals surface area contributed by atoms with Crippen LogP contribution >= 0.6 is 0 Å². The van der Waals surface area contributed by atoms with E-state index in [0.717, 1.165) is 0 Å². The average molecular weight is 202 g/mol. The van der Waals surface area contributed by atoms with Gasteiger partial charge in [-0.3, -0.25) is 4.79 Å². The van der Waals surface area contributed by atoms with E-state index in [1.807, 2.05) is 20.8 Å². The fourth-order valence-electron chi connectivity index (χ4n) is 0.779. The van der Waals surface area contributed by atoms with Gasteiger partial charge in [-0.25, -0.2) is 4.79 Å². The number of amides is 2. The van der Waals surface area contributed by atoms with Gasteiger partial charge in [0.2, 0.25) is 5.91 Å². The Morgan fingerprint density at radius 1 is 1.29 bits per heavy atom. The molecule has 0 saturated heterocycles. The van der Waals surface area contributed by atoms with Gasteiger partial charge in [-0.2, -0.15) is 0 Å². The minimum atomic E-state index is -0.610. The molecule has 0 bridgehead atoms. The predicted octanol–water partition coefficient (Wildman–Crippen LogP) is 0.646. The number of ether oxygens (including phenoxy) is 1. The fraction of sp³-hybridized carbons (Fsp3) is 0.778. The van der Waals surface area contributed by atoms with Gasteiger partial charge in [-0.05, 0) is 27.7 Å². The molecule has 0 radical (unpaired) electrons. The van der Waals surface area contributed by atoms with Crippen LogP contribution in [0.25, 0.3) is 0 Å². The van der Waals surface area contributed by atoms with Crippen LogP contribution in [0.1, 0.15) is 27.7 Å². The molecule has 0 fully saturated rings. The second kappa shape index (κ2) is 4.83. The van der Waals surface area contributed by atoms with Crippen molar-refractivity contribution in [1.82, 2.24) is 10.6 Å². The van der Waals surface area contributed by atoms with Crippen molar-refractivity contribution in [2.24, 2.45) is 0 Å². The van der Waals surface area contributed by atoms with E-state index in [0.29, 0.717) is 0 Å². The molecule has 1 atom stereocenters. The first-order chi connectivity index (χ1) is 6.26. The molecule has 2 amide bonds. The zero-order chi connectivity index (χ0) is 11.4. The molecule has 5 nitrogen and oxygen atoms in total. The maximum atomic E-state index is 11.4. The van der Waals surface area contributed by atoms with Crippen molar-refractivity contribution in [2.75, 3.05) is 7.11 Å². The largest absolute Gasteiger partial charge is 0.453 e. The minimum Gasteiger partial charge on any atom is -0.453 e. The van der Waals surface area contributed by atoms with Gasteiger partial charge in [0, 0.05) is 5.54 Å². The maximum Gasteiger partial charge on any atom is 0.407 e. The fourth-order valence-corrected chi connectivity index (χ4v) is 0.779. The molecule has 0 aliphatic heterocycles. The maximum absolute atomic E-state index is 11.4. The monoisotopic (exact) mass is 202 g/mol. The van der Waals surface area contributed by atoms with Crippen molar-refractivity contribution in [1.29, 1.82) is 0 Å². The van der Waals surface area contributed by atoms with Gasteiger partial charge in [0.05, 0.1) is 7.11 Å². The topological polar surface area (TPSA) is 67.4 Å². The molecular weight excluding hydrogens is 184 g/mol. The summed E-state index contributed by atoms with van der Waals surface area (Å²) >= 11 is 0. The van der Waals surface area contributed by atoms with Gasteiger partial charge in [-0.1, -0.05) is 0 Å². The van der Waals surface area contributed by atoms with E-state index in [4.69, 9.17) is 0 Å². The summed E-state index contributed by atoms with van der Waals surface area (Å²) in [5, 5.41) is 5.12. The Kier molecular flexibility index (Phi) is 4.40. The first kappa shape index (κ1) is 12.7. The second-order valence-electron chi connectivity index (χ2n) is 4.10. The van der Waals surface area contributed by atoms with Crippen LogP contribution in [-0.4, -0.2) is 30.7 Å². The van der Waals surface area contributed by atoms with E-state index in [-0.39, 0.29) is 11.4 Å². The molecule has 2 N–H and O–H groups in total. The molecule has 82 valence electrons. The smallest absolute Gasteiger partial charge is 0.407 e. The van der Waals surface area contributed by atoms with Crippen molar-refractivity contribution in [3.8, 4) is 0 Å². The lowest BCUT2D eigenvalue weighted by atomic mass is 10.1. The molecule has 1 unspecified atom stereocenters. The highest BCUT2D eigenvalue weighted by Crippen LogP contribution is 1.99. The molecule has 0 aromatic rings. The highest BCUT2D eigenvalue weighted by Gasteiger charge is 2.20. The van der Waals surface area contributed by atoms with Crippen LogP contribution in [0, 0.1) is 0 Å². The van der Waals surface area contributed by atoms with Crippen molar-refractivity contribution >= 4 is 12.0 Å². The van der Waals surface area contributed by atoms with E-state index in [9.17, 15) is 9.59 Å². The van der Waals surface area contributed by atoms with Crippen LogP contribution in [0.2, 0.25) is 0 Å². The number of rotatable bonds is 2. The molecule has 5 heteroatoms. The molecule has 0 aliphatic rings. The lowest BCUT2D eigenvalue weighted by molar-refractivity contribution is -0.124. The minimum absolute atomic E-state index is 0.233. The molecular formula is C9H18N2O3. The third-order valence-electron chi connectivity index (χ3n) is 1.41. The van der Waals surface area contributed by atoms with Crippen molar-refractivity contribution in [3.63, 3.8) is 0 Å². The number of hydrogen-bond donors (Lipinski definition) is 2. The summed E-state index contributed by atoms with van der Waals surface area (Å²) in [7, 11) is 1.25. The summed E-state index contributed by atoms with van der Waals surface area (Å²) in [4.78, 5) is 22.2. The van der Waals surface area contributed by atoms with Crippen LogP contribution in [0.3, 0.4) is 0 Å². The summed E-state index contributed by atoms with van der Waals surface area (Å²) in [6.07, 6.45) is -0.610. The van der Waals surface area contributed by atoms with E-state index in [2.05, 4.69) is 15.4 Å². The third kappa shape index (κ3) is 5.40. The number of carbonyl (C=O) groups excluding carboxylic acids is 2. The Bertz CT molecular complexity index is 221. The first-order valence-corrected chi connectivity index (χ1v) is 4.43. The molecule has 0 aromatic carbocycles. The molecule has 0 heterocycles. The number of methoxy groups -OCH3 is 1. The van der Waals surface area contributed by atoms with Crippen LogP contribution in [0.15, 0.2) is 0 Å². The van der Waals surface area contributed by atoms with E-state index < -0.39 is 12.1 Å². The standard InChI is InChI=1S/C9H18N2O3/c1-6(10-8(13)14-5)7(12)11-9(2,3)4/h6H,1-5H3,(H,10,13)(H,11,12). The van der Waals surface area contributed by atoms with E-state index >= 15 is 0 Å². The number of hydrogen-bond acceptors (Lipinski definition) is 3. The number of alkyl carbamates (subject to hydrolysis) is 1. The van der Waals surface area contributed by atoms with Crippen molar-refractivity contribution in [2.45, 2.75) is 39.3 Å². The van der Waals surface area contributed by atoms with Crippen LogP contribution in [-0.2, 0) is 9.53 Å². The first-order valence-electron chi connectivity index (χ1n) is 4.43. The van der Waals surface area contributed by atoms with Crippen LogP contribution < -0.4 is 10.6 Å². The lowest BCUT2D eigenvalue weighted by Gasteiger charge is -2.23. The third-order valence-corrected chi connectivity index (χ3v) is 1.41. The van der Waals surface area contributed by atoms with Gasteiger partial charge in [-0.15, -0.1) is 0 Å². The lowest BCUT2D eigenvalue weighted by Crippen LogP contribution is -2.50. The molecule has 0 saturated carbocycles. The highest BCUT2D eigenvalue weighted by molar-refractivity contribution is 5.85. The van der Waals surface area contributed by atoms with Crippen LogP contribution in [0.4, 0.5) is 4.79 Å². The van der Waals surface area contributed by atoms with Gasteiger partial charge < -0.3 is 15.4 Å².